The van der Waals surface area contributed by atoms with E-state index in [1.807, 2.05) is 0 Å². The summed E-state index contributed by atoms with van der Waals surface area (Å²) >= 11 is 1.22. The molecule has 1 aromatic rings. The molecule has 0 fully saturated rings. The Morgan fingerprint density at radius 2 is 2.25 bits per heavy atom. The van der Waals surface area contributed by atoms with Crippen molar-refractivity contribution < 1.29 is 18.3 Å². The second-order valence-electron chi connectivity index (χ2n) is 2.11. The molecule has 0 saturated carbocycles. The van der Waals surface area contributed by atoms with Crippen molar-refractivity contribution in [3.05, 3.63) is 16.8 Å². The number of sulfone groups is 1. The Hall–Kier alpha value is -0.880. The van der Waals surface area contributed by atoms with Gasteiger partial charge in [-0.3, -0.25) is 4.79 Å². The zero-order valence-corrected chi connectivity index (χ0v) is 7.56. The van der Waals surface area contributed by atoms with Gasteiger partial charge in [-0.1, -0.05) is 0 Å². The first-order chi connectivity index (χ1) is 5.52. The van der Waals surface area contributed by atoms with Gasteiger partial charge in [0.05, 0.1) is 4.90 Å². The second kappa shape index (κ2) is 3.24. The highest BCUT2D eigenvalue weighted by atomic mass is 32.2. The van der Waals surface area contributed by atoms with Crippen LogP contribution in [0.25, 0.3) is 0 Å². The van der Waals surface area contributed by atoms with Crippen LogP contribution in [0.3, 0.4) is 0 Å². The summed E-state index contributed by atoms with van der Waals surface area (Å²) in [7, 11) is -3.61. The van der Waals surface area contributed by atoms with E-state index in [9.17, 15) is 13.2 Å². The standard InChI is InChI=1S/C6H6O4S2/c7-6(8)4-12(9,10)5-1-2-11-3-5/h1-3H,4H2,(H,7,8). The molecule has 1 aromatic heterocycles. The first kappa shape index (κ1) is 9.21. The number of carbonyl (C=O) groups is 1. The van der Waals surface area contributed by atoms with Gasteiger partial charge in [0.25, 0.3) is 0 Å². The lowest BCUT2D eigenvalue weighted by molar-refractivity contribution is -0.134. The third kappa shape index (κ3) is 2.05. The second-order valence-corrected chi connectivity index (χ2v) is 4.88. The monoisotopic (exact) mass is 206 g/mol. The molecule has 0 amide bonds. The summed E-state index contributed by atoms with van der Waals surface area (Å²) in [5, 5.41) is 11.3. The first-order valence-electron chi connectivity index (χ1n) is 2.99. The van der Waals surface area contributed by atoms with E-state index in [4.69, 9.17) is 5.11 Å². The van der Waals surface area contributed by atoms with Gasteiger partial charge in [0.2, 0.25) is 0 Å². The summed E-state index contributed by atoms with van der Waals surface area (Å²) < 4.78 is 22.3. The SMILES string of the molecule is O=C(O)CS(=O)(=O)c1ccsc1. The Morgan fingerprint density at radius 1 is 1.58 bits per heavy atom. The summed E-state index contributed by atoms with van der Waals surface area (Å²) in [5.74, 6) is -2.18. The van der Waals surface area contributed by atoms with Crippen LogP contribution >= 0.6 is 11.3 Å². The molecule has 6 heteroatoms. The van der Waals surface area contributed by atoms with Crippen molar-refractivity contribution in [2.24, 2.45) is 0 Å². The molecule has 0 spiro atoms. The highest BCUT2D eigenvalue weighted by Gasteiger charge is 2.18. The van der Waals surface area contributed by atoms with Gasteiger partial charge in [0.15, 0.2) is 15.6 Å². The Labute approximate surface area is 73.4 Å². The molecule has 0 aliphatic carbocycles. The maximum Gasteiger partial charge on any atom is 0.319 e. The molecule has 0 unspecified atom stereocenters. The van der Waals surface area contributed by atoms with E-state index in [1.165, 1.54) is 22.8 Å². The molecule has 12 heavy (non-hydrogen) atoms. The largest absolute Gasteiger partial charge is 0.480 e. The normalized spacial score (nSPS) is 11.3. The average Bonchev–Trinajstić information content (AvgIpc) is 2.32. The number of hydrogen-bond donors (Lipinski definition) is 1. The van der Waals surface area contributed by atoms with Crippen molar-refractivity contribution in [2.75, 3.05) is 5.75 Å². The van der Waals surface area contributed by atoms with E-state index in [0.717, 1.165) is 0 Å². The van der Waals surface area contributed by atoms with E-state index in [-0.39, 0.29) is 4.90 Å². The summed E-state index contributed by atoms with van der Waals surface area (Å²) in [6, 6.07) is 1.39. The van der Waals surface area contributed by atoms with Crippen molar-refractivity contribution >= 4 is 27.1 Å². The predicted molar refractivity (Wildman–Crippen MR) is 44.0 cm³/mol. The predicted octanol–water partition coefficient (Wildman–Crippen LogP) is 0.606. The number of rotatable bonds is 3. The fraction of sp³-hybridized carbons (Fsp3) is 0.167. The van der Waals surface area contributed by atoms with E-state index >= 15 is 0 Å². The van der Waals surface area contributed by atoms with Gasteiger partial charge in [-0.05, 0) is 11.4 Å². The molecule has 66 valence electrons. The minimum atomic E-state index is -3.61. The van der Waals surface area contributed by atoms with Crippen LogP contribution in [-0.2, 0) is 14.6 Å². The topological polar surface area (TPSA) is 71.4 Å². The highest BCUT2D eigenvalue weighted by Crippen LogP contribution is 2.14. The number of hydrogen-bond acceptors (Lipinski definition) is 4. The summed E-state index contributed by atoms with van der Waals surface area (Å²) in [4.78, 5) is 10.2. The Bertz CT molecular complexity index is 362. The molecule has 0 radical (unpaired) electrons. The molecule has 0 saturated heterocycles. The van der Waals surface area contributed by atoms with E-state index < -0.39 is 21.6 Å². The van der Waals surface area contributed by atoms with Gasteiger partial charge in [-0.2, -0.15) is 11.3 Å². The molecule has 0 aliphatic heterocycles. The molecule has 0 aromatic carbocycles. The number of aliphatic carboxylic acids is 1. The van der Waals surface area contributed by atoms with Gasteiger partial charge in [0.1, 0.15) is 0 Å². The van der Waals surface area contributed by atoms with Gasteiger partial charge in [-0.25, -0.2) is 8.42 Å². The molecular formula is C6H6O4S2. The molecular weight excluding hydrogens is 200 g/mol. The van der Waals surface area contributed by atoms with Crippen LogP contribution in [0.15, 0.2) is 21.7 Å². The molecule has 0 bridgehead atoms. The van der Waals surface area contributed by atoms with E-state index in [2.05, 4.69) is 0 Å². The smallest absolute Gasteiger partial charge is 0.319 e. The van der Waals surface area contributed by atoms with Crippen LogP contribution in [0, 0.1) is 0 Å². The fourth-order valence-electron chi connectivity index (χ4n) is 0.675. The lowest BCUT2D eigenvalue weighted by Crippen LogP contribution is -2.14. The van der Waals surface area contributed by atoms with E-state index in [0.29, 0.717) is 0 Å². The Balaban J connectivity index is 2.96. The third-order valence-electron chi connectivity index (χ3n) is 1.17. The van der Waals surface area contributed by atoms with Gasteiger partial charge in [-0.15, -0.1) is 0 Å². The van der Waals surface area contributed by atoms with Crippen LogP contribution in [0.5, 0.6) is 0 Å². The minimum Gasteiger partial charge on any atom is -0.480 e. The lowest BCUT2D eigenvalue weighted by Gasteiger charge is -1.95. The molecule has 1 N–H and O–H groups in total. The maximum absolute atomic E-state index is 11.1. The Kier molecular flexibility index (Phi) is 2.49. The van der Waals surface area contributed by atoms with Crippen LogP contribution in [-0.4, -0.2) is 25.2 Å². The quantitative estimate of drug-likeness (QED) is 0.786. The highest BCUT2D eigenvalue weighted by molar-refractivity contribution is 7.92. The third-order valence-corrected chi connectivity index (χ3v) is 3.60. The summed E-state index contributed by atoms with van der Waals surface area (Å²) in [6.07, 6.45) is 0. The van der Waals surface area contributed by atoms with Crippen molar-refractivity contribution in [3.8, 4) is 0 Å². The summed E-state index contributed by atoms with van der Waals surface area (Å²) in [5.41, 5.74) is 0. The van der Waals surface area contributed by atoms with Gasteiger partial charge < -0.3 is 5.11 Å². The van der Waals surface area contributed by atoms with Crippen molar-refractivity contribution in [2.45, 2.75) is 4.90 Å². The van der Waals surface area contributed by atoms with Crippen molar-refractivity contribution in [3.63, 3.8) is 0 Å². The zero-order chi connectivity index (χ0) is 9.19. The number of carboxylic acid groups (broad SMARTS) is 1. The van der Waals surface area contributed by atoms with Gasteiger partial charge in [0, 0.05) is 5.38 Å². The van der Waals surface area contributed by atoms with Crippen LogP contribution in [0.1, 0.15) is 0 Å². The molecule has 0 aliphatic rings. The average molecular weight is 206 g/mol. The zero-order valence-electron chi connectivity index (χ0n) is 5.93. The van der Waals surface area contributed by atoms with Crippen molar-refractivity contribution in [1.82, 2.24) is 0 Å². The fourth-order valence-corrected chi connectivity index (χ4v) is 2.80. The molecule has 1 heterocycles. The summed E-state index contributed by atoms with van der Waals surface area (Å²) in [6.45, 7) is 0. The lowest BCUT2D eigenvalue weighted by atomic mass is 10.7. The minimum absolute atomic E-state index is 0.0786. The first-order valence-corrected chi connectivity index (χ1v) is 5.58. The molecule has 4 nitrogen and oxygen atoms in total. The maximum atomic E-state index is 11.1. The van der Waals surface area contributed by atoms with E-state index in [1.54, 1.807) is 5.38 Å². The van der Waals surface area contributed by atoms with Gasteiger partial charge >= 0.3 is 5.97 Å². The number of carboxylic acids is 1. The number of thiophene rings is 1. The van der Waals surface area contributed by atoms with Crippen LogP contribution in [0.2, 0.25) is 0 Å². The van der Waals surface area contributed by atoms with Crippen LogP contribution < -0.4 is 0 Å². The van der Waals surface area contributed by atoms with Crippen molar-refractivity contribution in [1.29, 1.82) is 0 Å². The Morgan fingerprint density at radius 3 is 2.67 bits per heavy atom. The molecule has 1 rings (SSSR count). The van der Waals surface area contributed by atoms with Crippen LogP contribution in [0.4, 0.5) is 0 Å². The molecule has 0 atom stereocenters.